The fourth-order valence-corrected chi connectivity index (χ4v) is 3.57. The maximum absolute atomic E-state index is 13.3. The Morgan fingerprint density at radius 3 is 2.50 bits per heavy atom. The van der Waals surface area contributed by atoms with Gasteiger partial charge in [-0.25, -0.2) is 9.18 Å². The number of furan rings is 1. The molecule has 0 aliphatic carbocycles. The molecule has 32 heavy (non-hydrogen) atoms. The zero-order valence-electron chi connectivity index (χ0n) is 18.4. The first-order chi connectivity index (χ1) is 15.2. The largest absolute Gasteiger partial charge is 0.496 e. The number of rotatable bonds is 8. The van der Waals surface area contributed by atoms with Crippen molar-refractivity contribution in [1.82, 2.24) is 5.32 Å². The summed E-state index contributed by atoms with van der Waals surface area (Å²) in [6.07, 6.45) is 3.28. The molecular weight excluding hydrogens is 413 g/mol. The van der Waals surface area contributed by atoms with Crippen molar-refractivity contribution in [3.05, 3.63) is 60.1 Å². The molecule has 0 saturated carbocycles. The van der Waals surface area contributed by atoms with Gasteiger partial charge >= 0.3 is 5.97 Å². The molecule has 1 heterocycles. The van der Waals surface area contributed by atoms with Gasteiger partial charge in [-0.1, -0.05) is 26.0 Å². The molecule has 1 aromatic heterocycles. The van der Waals surface area contributed by atoms with Crippen molar-refractivity contribution in [2.45, 2.75) is 33.2 Å². The number of allylic oxidation sites excluding steroid dienone is 1. The van der Waals surface area contributed by atoms with Crippen LogP contribution in [-0.4, -0.2) is 30.1 Å². The van der Waals surface area contributed by atoms with E-state index in [1.807, 2.05) is 19.9 Å². The third-order valence-corrected chi connectivity index (χ3v) is 5.14. The predicted molar refractivity (Wildman–Crippen MR) is 121 cm³/mol. The molecule has 1 unspecified atom stereocenters. The van der Waals surface area contributed by atoms with Crippen LogP contribution in [0.1, 0.15) is 32.8 Å². The van der Waals surface area contributed by atoms with Crippen LogP contribution in [0.4, 0.5) is 4.39 Å². The number of methoxy groups -OCH3 is 1. The summed E-state index contributed by atoms with van der Waals surface area (Å²) in [7, 11) is 1.52. The van der Waals surface area contributed by atoms with Crippen LogP contribution in [0.3, 0.4) is 0 Å². The summed E-state index contributed by atoms with van der Waals surface area (Å²) in [5.74, 6) is -1.26. The van der Waals surface area contributed by atoms with Crippen molar-refractivity contribution in [1.29, 1.82) is 0 Å². The highest BCUT2D eigenvalue weighted by Crippen LogP contribution is 2.37. The number of nitrogens with one attached hydrogen (secondary N) is 1. The van der Waals surface area contributed by atoms with E-state index in [2.05, 4.69) is 5.32 Å². The lowest BCUT2D eigenvalue weighted by atomic mass is 9.99. The third-order valence-electron chi connectivity index (χ3n) is 5.14. The van der Waals surface area contributed by atoms with Crippen LogP contribution >= 0.6 is 0 Å². The first kappa shape index (κ1) is 23.1. The lowest BCUT2D eigenvalue weighted by Gasteiger charge is -2.16. The lowest BCUT2D eigenvalue weighted by molar-refractivity contribution is -0.141. The number of hydrogen-bond donors (Lipinski definition) is 2. The number of amides is 1. The maximum atomic E-state index is 13.3. The van der Waals surface area contributed by atoms with Gasteiger partial charge in [-0.2, -0.15) is 0 Å². The van der Waals surface area contributed by atoms with Gasteiger partial charge in [0.15, 0.2) is 0 Å². The highest BCUT2D eigenvalue weighted by molar-refractivity contribution is 6.01. The molecule has 1 amide bonds. The van der Waals surface area contributed by atoms with Gasteiger partial charge in [-0.15, -0.1) is 0 Å². The zero-order valence-corrected chi connectivity index (χ0v) is 18.4. The van der Waals surface area contributed by atoms with Gasteiger partial charge in [0.05, 0.1) is 13.4 Å². The van der Waals surface area contributed by atoms with Gasteiger partial charge < -0.3 is 19.6 Å². The van der Waals surface area contributed by atoms with Crippen LogP contribution < -0.4 is 10.1 Å². The minimum atomic E-state index is -1.07. The summed E-state index contributed by atoms with van der Waals surface area (Å²) in [6.45, 7) is 5.54. The number of aliphatic carboxylic acids is 1. The Labute approximate surface area is 185 Å². The van der Waals surface area contributed by atoms with Crippen molar-refractivity contribution < 1.29 is 28.2 Å². The minimum absolute atomic E-state index is 0.120. The van der Waals surface area contributed by atoms with Gasteiger partial charge in [0.2, 0.25) is 5.91 Å². The van der Waals surface area contributed by atoms with Crippen LogP contribution in [0, 0.1) is 11.7 Å². The summed E-state index contributed by atoms with van der Waals surface area (Å²) >= 11 is 0. The molecule has 0 fully saturated rings. The van der Waals surface area contributed by atoms with E-state index in [1.165, 1.54) is 25.3 Å². The van der Waals surface area contributed by atoms with Gasteiger partial charge in [0.1, 0.15) is 23.2 Å². The predicted octanol–water partition coefficient (Wildman–Crippen LogP) is 5.27. The summed E-state index contributed by atoms with van der Waals surface area (Å²) < 4.78 is 24.5. The lowest BCUT2D eigenvalue weighted by Crippen LogP contribution is -2.40. The molecule has 0 aliphatic heterocycles. The van der Waals surface area contributed by atoms with Crippen molar-refractivity contribution in [3.63, 3.8) is 0 Å². The first-order valence-electron chi connectivity index (χ1n) is 10.3. The van der Waals surface area contributed by atoms with E-state index in [9.17, 15) is 19.1 Å². The summed E-state index contributed by atoms with van der Waals surface area (Å²) in [6, 6.07) is 8.70. The monoisotopic (exact) mass is 439 g/mol. The topological polar surface area (TPSA) is 88.8 Å². The normalized spacial score (nSPS) is 12.8. The second-order valence-corrected chi connectivity index (χ2v) is 8.06. The second kappa shape index (κ2) is 9.68. The molecular formula is C25H26FNO5. The molecule has 3 aromatic rings. The van der Waals surface area contributed by atoms with Crippen LogP contribution in [0.15, 0.2) is 53.2 Å². The SMILES string of the molecule is COc1cc2occ(-c3ccc(F)cc3)c2cc1/C(C)=C/C(=O)NC(CC(C)C)C(=O)O. The van der Waals surface area contributed by atoms with Crippen LogP contribution in [0.5, 0.6) is 5.75 Å². The Kier molecular flexibility index (Phi) is 6.98. The van der Waals surface area contributed by atoms with Crippen LogP contribution in [0.2, 0.25) is 0 Å². The number of hydrogen-bond acceptors (Lipinski definition) is 4. The third kappa shape index (κ3) is 5.17. The van der Waals surface area contributed by atoms with E-state index in [1.54, 1.807) is 31.4 Å². The van der Waals surface area contributed by atoms with E-state index in [0.29, 0.717) is 28.9 Å². The highest BCUT2D eigenvalue weighted by atomic mass is 19.1. The van der Waals surface area contributed by atoms with Gasteiger partial charge in [-0.3, -0.25) is 4.79 Å². The standard InChI is InChI=1S/C25H26FNO5/c1-14(2)9-21(25(29)30)27-24(28)10-15(3)18-11-19-20(16-5-7-17(26)8-6-16)13-32-23(19)12-22(18)31-4/h5-8,10-14,21H,9H2,1-4H3,(H,27,28)(H,29,30)/b15-10+. The summed E-state index contributed by atoms with van der Waals surface area (Å²) in [5.41, 5.74) is 3.42. The molecule has 168 valence electrons. The molecule has 3 rings (SSSR count). The molecule has 0 spiro atoms. The zero-order chi connectivity index (χ0) is 23.4. The van der Waals surface area contributed by atoms with Crippen LogP contribution in [0.25, 0.3) is 27.7 Å². The Morgan fingerprint density at radius 1 is 1.22 bits per heavy atom. The fourth-order valence-electron chi connectivity index (χ4n) is 3.57. The molecule has 2 N–H and O–H groups in total. The molecule has 0 saturated heterocycles. The van der Waals surface area contributed by atoms with E-state index in [0.717, 1.165) is 16.5 Å². The molecule has 6 nitrogen and oxygen atoms in total. The Bertz CT molecular complexity index is 1160. The molecule has 7 heteroatoms. The number of carboxylic acid groups (broad SMARTS) is 1. The second-order valence-electron chi connectivity index (χ2n) is 8.06. The first-order valence-corrected chi connectivity index (χ1v) is 10.3. The van der Waals surface area contributed by atoms with Crippen molar-refractivity contribution >= 4 is 28.4 Å². The fraction of sp³-hybridized carbons (Fsp3) is 0.280. The van der Waals surface area contributed by atoms with Gasteiger partial charge in [0, 0.05) is 28.7 Å². The number of fused-ring (bicyclic) bond motifs is 1. The number of ether oxygens (including phenoxy) is 1. The summed E-state index contributed by atoms with van der Waals surface area (Å²) in [5, 5.41) is 12.7. The minimum Gasteiger partial charge on any atom is -0.496 e. The van der Waals surface area contributed by atoms with Crippen LogP contribution in [-0.2, 0) is 9.59 Å². The number of carbonyl (C=O) groups is 2. The van der Waals surface area contributed by atoms with E-state index < -0.39 is 17.9 Å². The number of halogens is 1. The molecule has 0 bridgehead atoms. The smallest absolute Gasteiger partial charge is 0.326 e. The average Bonchev–Trinajstić information content (AvgIpc) is 3.15. The van der Waals surface area contributed by atoms with Crippen molar-refractivity contribution in [3.8, 4) is 16.9 Å². The van der Waals surface area contributed by atoms with Crippen molar-refractivity contribution in [2.24, 2.45) is 5.92 Å². The summed E-state index contributed by atoms with van der Waals surface area (Å²) in [4.78, 5) is 24.0. The van der Waals surface area contributed by atoms with E-state index in [4.69, 9.17) is 9.15 Å². The Balaban J connectivity index is 1.97. The Hall–Kier alpha value is -3.61. The number of carboxylic acids is 1. The molecule has 0 aliphatic rings. The quantitative estimate of drug-likeness (QED) is 0.467. The highest BCUT2D eigenvalue weighted by Gasteiger charge is 2.21. The van der Waals surface area contributed by atoms with E-state index >= 15 is 0 Å². The number of benzene rings is 2. The van der Waals surface area contributed by atoms with Crippen molar-refractivity contribution in [2.75, 3.05) is 7.11 Å². The number of carbonyl (C=O) groups excluding carboxylic acids is 1. The van der Waals surface area contributed by atoms with Gasteiger partial charge in [0.25, 0.3) is 0 Å². The molecule has 0 radical (unpaired) electrons. The van der Waals surface area contributed by atoms with Gasteiger partial charge in [-0.05, 0) is 48.6 Å². The molecule has 2 aromatic carbocycles. The maximum Gasteiger partial charge on any atom is 0.326 e. The van der Waals surface area contributed by atoms with E-state index in [-0.39, 0.29) is 11.7 Å². The molecule has 1 atom stereocenters. The average molecular weight is 439 g/mol. The Morgan fingerprint density at radius 2 is 1.91 bits per heavy atom.